The third kappa shape index (κ3) is 3.23. The van der Waals surface area contributed by atoms with Gasteiger partial charge in [-0.2, -0.15) is 5.10 Å². The van der Waals surface area contributed by atoms with Gasteiger partial charge in [0.1, 0.15) is 0 Å². The molecule has 0 saturated carbocycles. The molecule has 4 rings (SSSR count). The standard InChI is InChI=1S/C19H17ClN4O/c20-15-6-4-5-14(11-15)17-12-21-24-10-9-23(13-18(17)24)19(25)22-16-7-2-1-3-8-16/h1-8,11-12H,9-10,13H2,(H,22,25). The maximum absolute atomic E-state index is 12.6. The summed E-state index contributed by atoms with van der Waals surface area (Å²) in [7, 11) is 0. The lowest BCUT2D eigenvalue weighted by Crippen LogP contribution is -2.41. The van der Waals surface area contributed by atoms with Crippen molar-refractivity contribution in [3.05, 3.63) is 71.5 Å². The first-order valence-corrected chi connectivity index (χ1v) is 8.50. The van der Waals surface area contributed by atoms with Gasteiger partial charge in [0.05, 0.1) is 25.0 Å². The van der Waals surface area contributed by atoms with Gasteiger partial charge in [0, 0.05) is 22.8 Å². The van der Waals surface area contributed by atoms with Crippen LogP contribution in [0, 0.1) is 0 Å². The number of rotatable bonds is 2. The molecule has 0 aliphatic carbocycles. The lowest BCUT2D eigenvalue weighted by atomic mass is 10.1. The smallest absolute Gasteiger partial charge is 0.317 e. The summed E-state index contributed by atoms with van der Waals surface area (Å²) in [4.78, 5) is 14.4. The van der Waals surface area contributed by atoms with E-state index >= 15 is 0 Å². The molecule has 0 radical (unpaired) electrons. The topological polar surface area (TPSA) is 50.2 Å². The Morgan fingerprint density at radius 3 is 2.72 bits per heavy atom. The molecule has 0 unspecified atom stereocenters. The molecule has 1 aliphatic heterocycles. The minimum Gasteiger partial charge on any atom is -0.317 e. The number of carbonyl (C=O) groups is 1. The van der Waals surface area contributed by atoms with Crippen LogP contribution in [0.15, 0.2) is 60.8 Å². The van der Waals surface area contributed by atoms with Crippen LogP contribution in [0.5, 0.6) is 0 Å². The van der Waals surface area contributed by atoms with Crippen LogP contribution in [0.3, 0.4) is 0 Å². The number of para-hydroxylation sites is 1. The highest BCUT2D eigenvalue weighted by atomic mass is 35.5. The van der Waals surface area contributed by atoms with E-state index in [0.29, 0.717) is 24.7 Å². The number of urea groups is 1. The summed E-state index contributed by atoms with van der Waals surface area (Å²) >= 11 is 6.11. The number of nitrogens with one attached hydrogen (secondary N) is 1. The first-order valence-electron chi connectivity index (χ1n) is 8.12. The van der Waals surface area contributed by atoms with Gasteiger partial charge in [-0.3, -0.25) is 4.68 Å². The zero-order chi connectivity index (χ0) is 17.2. The third-order valence-electron chi connectivity index (χ3n) is 4.32. The Kier molecular flexibility index (Phi) is 4.15. The average Bonchev–Trinajstić information content (AvgIpc) is 3.05. The van der Waals surface area contributed by atoms with E-state index in [4.69, 9.17) is 11.6 Å². The number of fused-ring (bicyclic) bond motifs is 1. The van der Waals surface area contributed by atoms with Crippen molar-refractivity contribution in [2.75, 3.05) is 11.9 Å². The Bertz CT molecular complexity index is 907. The van der Waals surface area contributed by atoms with Gasteiger partial charge in [-0.05, 0) is 29.8 Å². The number of carbonyl (C=O) groups excluding carboxylic acids is 1. The molecule has 5 nitrogen and oxygen atoms in total. The first-order chi connectivity index (χ1) is 12.2. The van der Waals surface area contributed by atoms with Gasteiger partial charge >= 0.3 is 6.03 Å². The summed E-state index contributed by atoms with van der Waals surface area (Å²) in [6, 6.07) is 17.1. The zero-order valence-electron chi connectivity index (χ0n) is 13.5. The Labute approximate surface area is 150 Å². The van der Waals surface area contributed by atoms with Crippen molar-refractivity contribution < 1.29 is 4.79 Å². The highest BCUT2D eigenvalue weighted by molar-refractivity contribution is 6.30. The molecule has 126 valence electrons. The fraction of sp³-hybridized carbons (Fsp3) is 0.158. The molecular weight excluding hydrogens is 336 g/mol. The van der Waals surface area contributed by atoms with Crippen LogP contribution in [-0.4, -0.2) is 27.3 Å². The fourth-order valence-corrected chi connectivity index (χ4v) is 3.23. The molecular formula is C19H17ClN4O. The van der Waals surface area contributed by atoms with Crippen molar-refractivity contribution in [3.63, 3.8) is 0 Å². The van der Waals surface area contributed by atoms with E-state index in [1.54, 1.807) is 4.90 Å². The van der Waals surface area contributed by atoms with Crippen molar-refractivity contribution >= 4 is 23.3 Å². The second-order valence-electron chi connectivity index (χ2n) is 5.96. The Hall–Kier alpha value is -2.79. The molecule has 25 heavy (non-hydrogen) atoms. The van der Waals surface area contributed by atoms with E-state index < -0.39 is 0 Å². The highest BCUT2D eigenvalue weighted by Gasteiger charge is 2.24. The minimum atomic E-state index is -0.101. The van der Waals surface area contributed by atoms with Crippen LogP contribution >= 0.6 is 11.6 Å². The maximum Gasteiger partial charge on any atom is 0.322 e. The van der Waals surface area contributed by atoms with Crippen LogP contribution in [0.4, 0.5) is 10.5 Å². The molecule has 0 spiro atoms. The molecule has 0 fully saturated rings. The third-order valence-corrected chi connectivity index (χ3v) is 4.55. The van der Waals surface area contributed by atoms with Crippen LogP contribution < -0.4 is 5.32 Å². The molecule has 6 heteroatoms. The molecule has 2 aromatic carbocycles. The van der Waals surface area contributed by atoms with E-state index in [1.165, 1.54) is 0 Å². The maximum atomic E-state index is 12.6. The Morgan fingerprint density at radius 1 is 1.08 bits per heavy atom. The largest absolute Gasteiger partial charge is 0.322 e. The van der Waals surface area contributed by atoms with Gasteiger partial charge in [-0.25, -0.2) is 4.79 Å². The number of amides is 2. The molecule has 0 bridgehead atoms. The molecule has 2 heterocycles. The monoisotopic (exact) mass is 352 g/mol. The summed E-state index contributed by atoms with van der Waals surface area (Å²) in [5, 5.41) is 8.08. The number of halogens is 1. The Morgan fingerprint density at radius 2 is 1.92 bits per heavy atom. The van der Waals surface area contributed by atoms with Crippen LogP contribution in [0.2, 0.25) is 5.02 Å². The number of benzene rings is 2. The second kappa shape index (κ2) is 6.61. The molecule has 0 atom stereocenters. The lowest BCUT2D eigenvalue weighted by Gasteiger charge is -2.28. The van der Waals surface area contributed by atoms with Crippen molar-refractivity contribution in [1.82, 2.24) is 14.7 Å². The van der Waals surface area contributed by atoms with Crippen molar-refractivity contribution in [2.24, 2.45) is 0 Å². The summed E-state index contributed by atoms with van der Waals surface area (Å²) in [5.41, 5.74) is 3.84. The van der Waals surface area contributed by atoms with Gasteiger partial charge in [0.25, 0.3) is 0 Å². The molecule has 1 aromatic heterocycles. The second-order valence-corrected chi connectivity index (χ2v) is 6.39. The number of nitrogens with zero attached hydrogens (tertiary/aromatic N) is 3. The quantitative estimate of drug-likeness (QED) is 0.749. The molecule has 1 N–H and O–H groups in total. The minimum absolute atomic E-state index is 0.101. The van der Waals surface area contributed by atoms with Crippen molar-refractivity contribution in [2.45, 2.75) is 13.1 Å². The predicted molar refractivity (Wildman–Crippen MR) is 98.5 cm³/mol. The first kappa shape index (κ1) is 15.7. The number of hydrogen-bond donors (Lipinski definition) is 1. The van der Waals surface area contributed by atoms with E-state index in [9.17, 15) is 4.79 Å². The van der Waals surface area contributed by atoms with Crippen LogP contribution in [-0.2, 0) is 13.1 Å². The van der Waals surface area contributed by atoms with E-state index in [1.807, 2.05) is 65.5 Å². The molecule has 3 aromatic rings. The molecule has 0 saturated heterocycles. The SMILES string of the molecule is O=C(Nc1ccccc1)N1CCn2ncc(-c3cccc(Cl)c3)c2C1. The molecule has 1 aliphatic rings. The van der Waals surface area contributed by atoms with Gasteiger partial charge in [-0.15, -0.1) is 0 Å². The molecule has 2 amide bonds. The van der Waals surface area contributed by atoms with E-state index in [-0.39, 0.29) is 6.03 Å². The van der Waals surface area contributed by atoms with Gasteiger partial charge < -0.3 is 10.2 Å². The van der Waals surface area contributed by atoms with Gasteiger partial charge in [-0.1, -0.05) is 41.9 Å². The summed E-state index contributed by atoms with van der Waals surface area (Å²) in [6.45, 7) is 1.82. The summed E-state index contributed by atoms with van der Waals surface area (Å²) in [6.07, 6.45) is 1.85. The van der Waals surface area contributed by atoms with E-state index in [0.717, 1.165) is 22.5 Å². The van der Waals surface area contributed by atoms with Crippen molar-refractivity contribution in [1.29, 1.82) is 0 Å². The number of aromatic nitrogens is 2. The number of anilines is 1. The zero-order valence-corrected chi connectivity index (χ0v) is 14.3. The van der Waals surface area contributed by atoms with Gasteiger partial charge in [0.15, 0.2) is 0 Å². The number of hydrogen-bond acceptors (Lipinski definition) is 2. The summed E-state index contributed by atoms with van der Waals surface area (Å²) in [5.74, 6) is 0. The van der Waals surface area contributed by atoms with Crippen molar-refractivity contribution in [3.8, 4) is 11.1 Å². The Balaban J connectivity index is 1.56. The normalized spacial score (nSPS) is 13.4. The highest BCUT2D eigenvalue weighted by Crippen LogP contribution is 2.28. The average molecular weight is 353 g/mol. The lowest BCUT2D eigenvalue weighted by molar-refractivity contribution is 0.194. The summed E-state index contributed by atoms with van der Waals surface area (Å²) < 4.78 is 1.96. The van der Waals surface area contributed by atoms with E-state index in [2.05, 4.69) is 10.4 Å². The van der Waals surface area contributed by atoms with Crippen LogP contribution in [0.25, 0.3) is 11.1 Å². The van der Waals surface area contributed by atoms with Gasteiger partial charge in [0.2, 0.25) is 0 Å². The predicted octanol–water partition coefficient (Wildman–Crippen LogP) is 4.25. The van der Waals surface area contributed by atoms with Crippen LogP contribution in [0.1, 0.15) is 5.69 Å². The fourth-order valence-electron chi connectivity index (χ4n) is 3.04.